The molecule has 2 aromatic rings. The molecule has 0 aliphatic heterocycles. The molecule has 8 heteroatoms. The Morgan fingerprint density at radius 3 is 0.820 bits per heavy atom. The van der Waals surface area contributed by atoms with E-state index in [0.717, 1.165) is 36.8 Å². The van der Waals surface area contributed by atoms with Crippen LogP contribution in [0.15, 0.2) is 58.3 Å². The lowest BCUT2D eigenvalue weighted by Crippen LogP contribution is -2.03. The summed E-state index contributed by atoms with van der Waals surface area (Å²) in [7, 11) is -8.20. The van der Waals surface area contributed by atoms with Crippen LogP contribution in [0.5, 0.6) is 0 Å². The van der Waals surface area contributed by atoms with Gasteiger partial charge in [0, 0.05) is 0 Å². The van der Waals surface area contributed by atoms with E-state index >= 15 is 0 Å². The number of hydrogen-bond acceptors (Lipinski definition) is 4. The fourth-order valence-corrected chi connectivity index (χ4v) is 8.09. The molecule has 0 bridgehead atoms. The van der Waals surface area contributed by atoms with Crippen molar-refractivity contribution >= 4 is 20.2 Å². The Bertz CT molecular complexity index is 1310. The van der Waals surface area contributed by atoms with E-state index in [1.807, 2.05) is 12.1 Å². The summed E-state index contributed by atoms with van der Waals surface area (Å²) in [6, 6.07) is 13.5. The lowest BCUT2D eigenvalue weighted by molar-refractivity contribution is 0.479. The van der Waals surface area contributed by atoms with E-state index < -0.39 is 20.2 Å². The molecule has 0 atom stereocenters. The molecule has 0 aliphatic rings. The molecule has 50 heavy (non-hydrogen) atoms. The molecule has 0 aliphatic carbocycles. The zero-order chi connectivity index (χ0) is 36.8. The second-order valence-corrected chi connectivity index (χ2v) is 16.9. The Kier molecular flexibility index (Phi) is 27.6. The molecule has 0 spiro atoms. The first-order valence-corrected chi connectivity index (χ1v) is 23.1. The van der Waals surface area contributed by atoms with Crippen molar-refractivity contribution in [2.75, 3.05) is 0 Å². The monoisotopic (exact) mass is 736 g/mol. The Morgan fingerprint density at radius 1 is 0.360 bits per heavy atom. The van der Waals surface area contributed by atoms with Gasteiger partial charge in [-0.05, 0) is 48.9 Å². The third-order valence-corrected chi connectivity index (χ3v) is 11.5. The molecule has 0 saturated heterocycles. The third kappa shape index (κ3) is 24.4. The van der Waals surface area contributed by atoms with Crippen molar-refractivity contribution in [3.05, 3.63) is 59.7 Å². The molecular weight excluding hydrogens is 665 g/mol. The quantitative estimate of drug-likeness (QED) is 0.0610. The minimum atomic E-state index is -4.10. The minimum absolute atomic E-state index is 0.0630. The van der Waals surface area contributed by atoms with Gasteiger partial charge in [-0.3, -0.25) is 9.11 Å². The van der Waals surface area contributed by atoms with Gasteiger partial charge >= 0.3 is 0 Å². The normalized spacial score (nSPS) is 11.8. The van der Waals surface area contributed by atoms with Crippen LogP contribution < -0.4 is 0 Å². The van der Waals surface area contributed by atoms with Gasteiger partial charge in [0.05, 0.1) is 9.79 Å². The molecule has 0 aromatic heterocycles. The van der Waals surface area contributed by atoms with Crippen LogP contribution in [0.4, 0.5) is 0 Å². The van der Waals surface area contributed by atoms with Crippen molar-refractivity contribution in [2.45, 2.75) is 203 Å². The van der Waals surface area contributed by atoms with Gasteiger partial charge in [0.1, 0.15) is 0 Å². The Labute approximate surface area is 308 Å². The van der Waals surface area contributed by atoms with Gasteiger partial charge in [0.2, 0.25) is 0 Å². The van der Waals surface area contributed by atoms with Crippen molar-refractivity contribution in [1.29, 1.82) is 0 Å². The molecule has 0 unspecified atom stereocenters. The largest absolute Gasteiger partial charge is 0.294 e. The highest BCUT2D eigenvalue weighted by Gasteiger charge is 2.15. The van der Waals surface area contributed by atoms with Gasteiger partial charge in [-0.1, -0.05) is 204 Å². The van der Waals surface area contributed by atoms with E-state index in [1.165, 1.54) is 153 Å². The third-order valence-electron chi connectivity index (χ3n) is 9.60. The Morgan fingerprint density at radius 2 is 0.580 bits per heavy atom. The highest BCUT2D eigenvalue weighted by molar-refractivity contribution is 7.86. The van der Waals surface area contributed by atoms with Gasteiger partial charge in [0.25, 0.3) is 20.2 Å². The molecule has 6 nitrogen and oxygen atoms in total. The first kappa shape index (κ1) is 46.3. The number of aryl methyl sites for hydroxylation is 2. The van der Waals surface area contributed by atoms with Crippen LogP contribution in [0.1, 0.15) is 192 Å². The van der Waals surface area contributed by atoms with Gasteiger partial charge in [-0.25, -0.2) is 0 Å². The second-order valence-electron chi connectivity index (χ2n) is 14.2. The average molecular weight is 737 g/mol. The average Bonchev–Trinajstić information content (AvgIpc) is 3.08. The molecule has 0 radical (unpaired) electrons. The Balaban J connectivity index is 0.000000502. The molecular formula is C42H72O6S2. The van der Waals surface area contributed by atoms with Crippen molar-refractivity contribution in [1.82, 2.24) is 0 Å². The minimum Gasteiger partial charge on any atom is -0.282 e. The van der Waals surface area contributed by atoms with Crippen LogP contribution in [0.3, 0.4) is 0 Å². The van der Waals surface area contributed by atoms with Crippen molar-refractivity contribution in [2.24, 2.45) is 0 Å². The van der Waals surface area contributed by atoms with E-state index in [9.17, 15) is 25.9 Å². The van der Waals surface area contributed by atoms with Crippen LogP contribution in [0, 0.1) is 0 Å². The summed E-state index contributed by atoms with van der Waals surface area (Å²) in [5.74, 6) is 0. The number of hydrogen-bond donors (Lipinski definition) is 2. The maximum absolute atomic E-state index is 11.4. The summed E-state index contributed by atoms with van der Waals surface area (Å²) in [6.07, 6.45) is 35.2. The topological polar surface area (TPSA) is 109 Å². The highest BCUT2D eigenvalue weighted by Crippen LogP contribution is 2.20. The summed E-state index contributed by atoms with van der Waals surface area (Å²) in [6.45, 7) is 4.51. The summed E-state index contributed by atoms with van der Waals surface area (Å²) in [5, 5.41) is 0. The lowest BCUT2D eigenvalue weighted by Gasteiger charge is -2.07. The SMILES string of the molecule is CCCCCCCCCCCCCCCCc1ccccc1S(=O)(=O)O.CCCCCCCCCCCCCCc1ccccc1S(=O)(=O)O. The summed E-state index contributed by atoms with van der Waals surface area (Å²) < 4.78 is 63.9. The Hall–Kier alpha value is -1.74. The predicted molar refractivity (Wildman–Crippen MR) is 211 cm³/mol. The fourth-order valence-electron chi connectivity index (χ4n) is 6.59. The van der Waals surface area contributed by atoms with Crippen molar-refractivity contribution < 1.29 is 25.9 Å². The van der Waals surface area contributed by atoms with Crippen LogP contribution in [-0.2, 0) is 33.1 Å². The van der Waals surface area contributed by atoms with E-state index in [0.29, 0.717) is 12.8 Å². The number of rotatable bonds is 30. The van der Waals surface area contributed by atoms with E-state index in [1.54, 1.807) is 24.3 Å². The zero-order valence-corrected chi connectivity index (χ0v) is 33.4. The summed E-state index contributed by atoms with van der Waals surface area (Å²) >= 11 is 0. The maximum Gasteiger partial charge on any atom is 0.294 e. The van der Waals surface area contributed by atoms with Gasteiger partial charge in [-0.15, -0.1) is 0 Å². The predicted octanol–water partition coefficient (Wildman–Crippen LogP) is 13.1. The van der Waals surface area contributed by atoms with Crippen LogP contribution in [0.2, 0.25) is 0 Å². The van der Waals surface area contributed by atoms with E-state index in [4.69, 9.17) is 0 Å². The fraction of sp³-hybridized carbons (Fsp3) is 0.714. The molecule has 2 rings (SSSR count). The molecule has 2 N–H and O–H groups in total. The molecule has 0 fully saturated rings. The molecule has 0 saturated carbocycles. The van der Waals surface area contributed by atoms with Gasteiger partial charge in [-0.2, -0.15) is 16.8 Å². The second kappa shape index (κ2) is 29.8. The van der Waals surface area contributed by atoms with E-state index in [-0.39, 0.29) is 9.79 Å². The maximum atomic E-state index is 11.4. The number of unbranched alkanes of at least 4 members (excludes halogenated alkanes) is 24. The van der Waals surface area contributed by atoms with Crippen molar-refractivity contribution in [3.8, 4) is 0 Å². The first-order valence-electron chi connectivity index (χ1n) is 20.2. The van der Waals surface area contributed by atoms with Gasteiger partial charge in [0.15, 0.2) is 0 Å². The molecule has 0 heterocycles. The highest BCUT2D eigenvalue weighted by atomic mass is 32.2. The van der Waals surface area contributed by atoms with Crippen LogP contribution in [0.25, 0.3) is 0 Å². The molecule has 2 aromatic carbocycles. The lowest BCUT2D eigenvalue weighted by atomic mass is 10.0. The summed E-state index contributed by atoms with van der Waals surface area (Å²) in [4.78, 5) is 0.128. The van der Waals surface area contributed by atoms with Gasteiger partial charge < -0.3 is 0 Å². The van der Waals surface area contributed by atoms with Crippen molar-refractivity contribution in [3.63, 3.8) is 0 Å². The van der Waals surface area contributed by atoms with E-state index in [2.05, 4.69) is 13.8 Å². The van der Waals surface area contributed by atoms with Crippen LogP contribution in [-0.4, -0.2) is 25.9 Å². The molecule has 288 valence electrons. The summed E-state index contributed by atoms with van der Waals surface area (Å²) in [5.41, 5.74) is 1.46. The molecule has 0 amide bonds. The number of benzene rings is 2. The standard InChI is InChI=1S/C22H38O3S.C20H34O3S/c1-2-3-4-5-6-7-8-9-10-11-12-13-14-15-18-21-19-16-17-20-22(21)26(23,24)25;1-2-3-4-5-6-7-8-9-10-11-12-13-16-19-17-14-15-18-20(19)24(21,22)23/h16-17,19-20H,2-15,18H2,1H3,(H,23,24,25);14-15,17-18H,2-13,16H2,1H3,(H,21,22,23). The smallest absolute Gasteiger partial charge is 0.282 e. The first-order chi connectivity index (χ1) is 24.1. The van der Waals surface area contributed by atoms with Crippen LogP contribution >= 0.6 is 0 Å². The zero-order valence-electron chi connectivity index (χ0n) is 31.8.